The van der Waals surface area contributed by atoms with Gasteiger partial charge in [0.05, 0.1) is 25.5 Å². The summed E-state index contributed by atoms with van der Waals surface area (Å²) in [5, 5.41) is 2.37. The van der Waals surface area contributed by atoms with Gasteiger partial charge >= 0.3 is 11.8 Å². The average molecular weight is 359 g/mol. The first-order chi connectivity index (χ1) is 12.5. The molecule has 0 aliphatic carbocycles. The molecule has 0 saturated heterocycles. The maximum Gasteiger partial charge on any atom is 0.327 e. The standard InChI is InChI=1S/C18H21N3O5/c1-12(2)26-11-13-5-7-14(8-6-13)16(22)20-21-18(24)17(23)19-10-15-4-3-9-25-15/h3-9,12H,10-11H2,1-2H3,(H,19,23)(H,20,22)(H,21,24). The van der Waals surface area contributed by atoms with Crippen LogP contribution >= 0.6 is 0 Å². The molecule has 2 aromatic rings. The minimum absolute atomic E-state index is 0.0765. The average Bonchev–Trinajstić information content (AvgIpc) is 3.16. The Labute approximate surface area is 150 Å². The van der Waals surface area contributed by atoms with Gasteiger partial charge in [-0.3, -0.25) is 25.2 Å². The molecule has 1 aromatic heterocycles. The summed E-state index contributed by atoms with van der Waals surface area (Å²) in [6.45, 7) is 4.41. The van der Waals surface area contributed by atoms with Crippen molar-refractivity contribution in [3.8, 4) is 0 Å². The van der Waals surface area contributed by atoms with E-state index < -0.39 is 17.7 Å². The maximum absolute atomic E-state index is 12.0. The second kappa shape index (κ2) is 9.38. The van der Waals surface area contributed by atoms with Crippen molar-refractivity contribution in [2.24, 2.45) is 0 Å². The van der Waals surface area contributed by atoms with Crippen molar-refractivity contribution < 1.29 is 23.5 Å². The van der Waals surface area contributed by atoms with Gasteiger partial charge in [0, 0.05) is 5.56 Å². The SMILES string of the molecule is CC(C)OCc1ccc(C(=O)NNC(=O)C(=O)NCc2ccco2)cc1. The Kier molecular flexibility index (Phi) is 6.92. The Balaban J connectivity index is 1.76. The molecule has 1 heterocycles. The third-order valence-corrected chi connectivity index (χ3v) is 3.30. The Hall–Kier alpha value is -3.13. The molecule has 0 radical (unpaired) electrons. The highest BCUT2D eigenvalue weighted by Gasteiger charge is 2.15. The van der Waals surface area contributed by atoms with E-state index in [0.717, 1.165) is 5.56 Å². The fraction of sp³-hybridized carbons (Fsp3) is 0.278. The number of amides is 3. The monoisotopic (exact) mass is 359 g/mol. The molecule has 8 heteroatoms. The maximum atomic E-state index is 12.0. The Morgan fingerprint density at radius 3 is 2.38 bits per heavy atom. The molecule has 0 aliphatic heterocycles. The van der Waals surface area contributed by atoms with Gasteiger partial charge in [0.1, 0.15) is 5.76 Å². The second-order valence-corrected chi connectivity index (χ2v) is 5.73. The smallest absolute Gasteiger partial charge is 0.327 e. The lowest BCUT2D eigenvalue weighted by Crippen LogP contribution is -2.48. The zero-order chi connectivity index (χ0) is 18.9. The largest absolute Gasteiger partial charge is 0.467 e. The van der Waals surface area contributed by atoms with Crippen LogP contribution in [0.4, 0.5) is 0 Å². The van der Waals surface area contributed by atoms with E-state index in [2.05, 4.69) is 16.2 Å². The zero-order valence-corrected chi connectivity index (χ0v) is 14.6. The van der Waals surface area contributed by atoms with Crippen LogP contribution in [-0.2, 0) is 27.5 Å². The van der Waals surface area contributed by atoms with E-state index in [9.17, 15) is 14.4 Å². The lowest BCUT2D eigenvalue weighted by molar-refractivity contribution is -0.139. The normalized spacial score (nSPS) is 10.4. The minimum Gasteiger partial charge on any atom is -0.467 e. The summed E-state index contributed by atoms with van der Waals surface area (Å²) < 4.78 is 10.5. The molecule has 3 amide bonds. The number of carbonyl (C=O) groups is 3. The fourth-order valence-electron chi connectivity index (χ4n) is 1.92. The highest BCUT2D eigenvalue weighted by Crippen LogP contribution is 2.07. The van der Waals surface area contributed by atoms with Crippen molar-refractivity contribution in [2.75, 3.05) is 0 Å². The van der Waals surface area contributed by atoms with Gasteiger partial charge in [-0.15, -0.1) is 0 Å². The van der Waals surface area contributed by atoms with E-state index in [0.29, 0.717) is 17.9 Å². The molecule has 2 rings (SSSR count). The third kappa shape index (κ3) is 6.06. The van der Waals surface area contributed by atoms with Crippen LogP contribution in [0, 0.1) is 0 Å². The van der Waals surface area contributed by atoms with E-state index >= 15 is 0 Å². The summed E-state index contributed by atoms with van der Waals surface area (Å²) in [5.74, 6) is -1.89. The summed E-state index contributed by atoms with van der Waals surface area (Å²) in [5.41, 5.74) is 5.52. The van der Waals surface area contributed by atoms with Crippen molar-refractivity contribution in [1.82, 2.24) is 16.2 Å². The summed E-state index contributed by atoms with van der Waals surface area (Å²) in [4.78, 5) is 35.3. The highest BCUT2D eigenvalue weighted by atomic mass is 16.5. The van der Waals surface area contributed by atoms with Crippen LogP contribution in [0.15, 0.2) is 47.1 Å². The summed E-state index contributed by atoms with van der Waals surface area (Å²) in [7, 11) is 0. The van der Waals surface area contributed by atoms with Crippen molar-refractivity contribution in [3.63, 3.8) is 0 Å². The van der Waals surface area contributed by atoms with Gasteiger partial charge in [-0.25, -0.2) is 0 Å². The predicted octanol–water partition coefficient (Wildman–Crippen LogP) is 1.28. The molecule has 8 nitrogen and oxygen atoms in total. The van der Waals surface area contributed by atoms with Crippen LogP contribution in [0.5, 0.6) is 0 Å². The molecular weight excluding hydrogens is 338 g/mol. The number of rotatable bonds is 6. The highest BCUT2D eigenvalue weighted by molar-refractivity contribution is 6.35. The van der Waals surface area contributed by atoms with E-state index in [-0.39, 0.29) is 12.6 Å². The fourth-order valence-corrected chi connectivity index (χ4v) is 1.92. The van der Waals surface area contributed by atoms with Crippen molar-refractivity contribution in [1.29, 1.82) is 0 Å². The number of nitrogens with one attached hydrogen (secondary N) is 3. The Morgan fingerprint density at radius 2 is 1.77 bits per heavy atom. The molecule has 0 aliphatic rings. The van der Waals surface area contributed by atoms with Gasteiger partial charge in [0.25, 0.3) is 5.91 Å². The first kappa shape index (κ1) is 19.2. The molecule has 0 atom stereocenters. The molecule has 0 spiro atoms. The van der Waals surface area contributed by atoms with Crippen molar-refractivity contribution in [2.45, 2.75) is 33.1 Å². The summed E-state index contributed by atoms with van der Waals surface area (Å²) in [6.07, 6.45) is 1.58. The van der Waals surface area contributed by atoms with Crippen LogP contribution < -0.4 is 16.2 Å². The zero-order valence-electron chi connectivity index (χ0n) is 14.6. The van der Waals surface area contributed by atoms with E-state index in [1.165, 1.54) is 6.26 Å². The molecule has 3 N–H and O–H groups in total. The lowest BCUT2D eigenvalue weighted by atomic mass is 10.1. The number of benzene rings is 1. The van der Waals surface area contributed by atoms with E-state index in [1.54, 1.807) is 36.4 Å². The van der Waals surface area contributed by atoms with Crippen LogP contribution in [0.1, 0.15) is 35.5 Å². The van der Waals surface area contributed by atoms with Gasteiger partial charge < -0.3 is 14.5 Å². The number of hydrogen-bond donors (Lipinski definition) is 3. The first-order valence-electron chi connectivity index (χ1n) is 8.07. The first-order valence-corrected chi connectivity index (χ1v) is 8.07. The number of carbonyl (C=O) groups excluding carboxylic acids is 3. The molecule has 26 heavy (non-hydrogen) atoms. The van der Waals surface area contributed by atoms with Gasteiger partial charge in [-0.1, -0.05) is 12.1 Å². The molecule has 0 bridgehead atoms. The minimum atomic E-state index is -0.980. The molecule has 138 valence electrons. The van der Waals surface area contributed by atoms with Crippen molar-refractivity contribution in [3.05, 3.63) is 59.5 Å². The molecule has 0 saturated carbocycles. The second-order valence-electron chi connectivity index (χ2n) is 5.73. The molecule has 0 unspecified atom stereocenters. The van der Waals surface area contributed by atoms with Gasteiger partial charge in [0.15, 0.2) is 0 Å². The van der Waals surface area contributed by atoms with Crippen LogP contribution in [0.25, 0.3) is 0 Å². The summed E-state index contributed by atoms with van der Waals surface area (Å²) >= 11 is 0. The van der Waals surface area contributed by atoms with Gasteiger partial charge in [0.2, 0.25) is 0 Å². The topological polar surface area (TPSA) is 110 Å². The van der Waals surface area contributed by atoms with E-state index in [1.807, 2.05) is 13.8 Å². The number of hydrogen-bond acceptors (Lipinski definition) is 5. The summed E-state index contributed by atoms with van der Waals surface area (Å²) in [6, 6.07) is 10.1. The van der Waals surface area contributed by atoms with Gasteiger partial charge in [-0.05, 0) is 43.7 Å². The molecular formula is C18H21N3O5. The number of ether oxygens (including phenoxy) is 1. The Morgan fingerprint density at radius 1 is 1.04 bits per heavy atom. The van der Waals surface area contributed by atoms with Crippen molar-refractivity contribution >= 4 is 17.7 Å². The van der Waals surface area contributed by atoms with Gasteiger partial charge in [-0.2, -0.15) is 0 Å². The number of furan rings is 1. The number of hydrazine groups is 1. The third-order valence-electron chi connectivity index (χ3n) is 3.30. The van der Waals surface area contributed by atoms with Crippen LogP contribution in [-0.4, -0.2) is 23.8 Å². The van der Waals surface area contributed by atoms with Crippen LogP contribution in [0.3, 0.4) is 0 Å². The Bertz CT molecular complexity index is 739. The predicted molar refractivity (Wildman–Crippen MR) is 92.5 cm³/mol. The van der Waals surface area contributed by atoms with E-state index in [4.69, 9.17) is 9.15 Å². The quantitative estimate of drug-likeness (QED) is 0.532. The lowest BCUT2D eigenvalue weighted by Gasteiger charge is -2.09. The molecule has 0 fully saturated rings. The molecule has 1 aromatic carbocycles. The van der Waals surface area contributed by atoms with Crippen LogP contribution in [0.2, 0.25) is 0 Å².